The van der Waals surface area contributed by atoms with Crippen molar-refractivity contribution in [1.29, 1.82) is 0 Å². The summed E-state index contributed by atoms with van der Waals surface area (Å²) in [6.45, 7) is 1.40. The molecule has 1 aromatic carbocycles. The highest BCUT2D eigenvalue weighted by atomic mass is 35.5. The van der Waals surface area contributed by atoms with Gasteiger partial charge in [-0.1, -0.05) is 29.8 Å². The summed E-state index contributed by atoms with van der Waals surface area (Å²) in [7, 11) is 0. The van der Waals surface area contributed by atoms with E-state index in [2.05, 4.69) is 6.07 Å². The second-order valence-corrected chi connectivity index (χ2v) is 7.27. The molecule has 5 heteroatoms. The Kier molecular flexibility index (Phi) is 4.81. The van der Waals surface area contributed by atoms with Crippen LogP contribution in [0.15, 0.2) is 41.8 Å². The first-order valence-corrected chi connectivity index (χ1v) is 8.70. The summed E-state index contributed by atoms with van der Waals surface area (Å²) < 4.78 is 0. The van der Waals surface area contributed by atoms with E-state index in [4.69, 9.17) is 17.3 Å². The van der Waals surface area contributed by atoms with Crippen LogP contribution in [0.1, 0.15) is 21.7 Å². The summed E-state index contributed by atoms with van der Waals surface area (Å²) in [6.07, 6.45) is 1.85. The van der Waals surface area contributed by atoms with E-state index in [1.807, 2.05) is 40.6 Å². The number of rotatable bonds is 3. The normalized spacial score (nSPS) is 21.8. The third kappa shape index (κ3) is 3.69. The van der Waals surface area contributed by atoms with Crippen LogP contribution < -0.4 is 5.73 Å². The molecule has 0 radical (unpaired) electrons. The largest absolute Gasteiger partial charge is 0.336 e. The number of nitrogens with zero attached hydrogens (tertiary/aromatic N) is 1. The van der Waals surface area contributed by atoms with E-state index in [-0.39, 0.29) is 11.9 Å². The average molecular weight is 335 g/mol. The van der Waals surface area contributed by atoms with E-state index in [1.165, 1.54) is 16.9 Å². The maximum atomic E-state index is 12.5. The zero-order valence-electron chi connectivity index (χ0n) is 12.2. The Bertz CT molecular complexity index is 644. The van der Waals surface area contributed by atoms with Crippen LogP contribution in [0.3, 0.4) is 0 Å². The number of nitrogens with two attached hydrogens (primary N) is 1. The van der Waals surface area contributed by atoms with Gasteiger partial charge in [0, 0.05) is 24.2 Å². The van der Waals surface area contributed by atoms with Crippen molar-refractivity contribution in [2.45, 2.75) is 18.9 Å². The van der Waals surface area contributed by atoms with Crippen molar-refractivity contribution < 1.29 is 4.79 Å². The van der Waals surface area contributed by atoms with Crippen molar-refractivity contribution in [2.24, 2.45) is 11.7 Å². The van der Waals surface area contributed by atoms with E-state index in [0.717, 1.165) is 29.3 Å². The first kappa shape index (κ1) is 15.5. The predicted octanol–water partition coefficient (Wildman–Crippen LogP) is 3.43. The molecule has 22 heavy (non-hydrogen) atoms. The Hall–Kier alpha value is -1.36. The number of amides is 1. The van der Waals surface area contributed by atoms with Crippen molar-refractivity contribution in [2.75, 3.05) is 13.1 Å². The minimum absolute atomic E-state index is 0.0434. The van der Waals surface area contributed by atoms with Gasteiger partial charge >= 0.3 is 0 Å². The standard InChI is InChI=1S/C17H19ClN2OS/c18-14-4-1-3-12(8-14)7-13-9-15(19)11-20(10-13)17(21)16-5-2-6-22-16/h1-6,8,13,15H,7,9-11,19H2. The third-order valence-corrected chi connectivity index (χ3v) is 5.10. The molecule has 0 spiro atoms. The van der Waals surface area contributed by atoms with Crippen LogP contribution in [0, 0.1) is 5.92 Å². The number of thiophene rings is 1. The number of likely N-dealkylation sites (tertiary alicyclic amines) is 1. The summed E-state index contributed by atoms with van der Waals surface area (Å²) in [5.41, 5.74) is 7.38. The van der Waals surface area contributed by atoms with Gasteiger partial charge in [-0.3, -0.25) is 4.79 Å². The summed E-state index contributed by atoms with van der Waals surface area (Å²) in [5, 5.41) is 2.68. The van der Waals surface area contributed by atoms with E-state index >= 15 is 0 Å². The van der Waals surface area contributed by atoms with Crippen molar-refractivity contribution in [1.82, 2.24) is 4.90 Å². The molecule has 3 nitrogen and oxygen atoms in total. The van der Waals surface area contributed by atoms with Gasteiger partial charge in [0.15, 0.2) is 0 Å². The van der Waals surface area contributed by atoms with Crippen LogP contribution in [-0.4, -0.2) is 29.9 Å². The maximum absolute atomic E-state index is 12.5. The van der Waals surface area contributed by atoms with Crippen LogP contribution in [0.25, 0.3) is 0 Å². The lowest BCUT2D eigenvalue weighted by atomic mass is 9.89. The van der Waals surface area contributed by atoms with Gasteiger partial charge in [0.05, 0.1) is 4.88 Å². The molecule has 2 aromatic rings. The van der Waals surface area contributed by atoms with Crippen LogP contribution in [0.5, 0.6) is 0 Å². The fraction of sp³-hybridized carbons (Fsp3) is 0.353. The first-order valence-electron chi connectivity index (χ1n) is 7.44. The fourth-order valence-corrected chi connectivity index (χ4v) is 4.02. The first-order chi connectivity index (χ1) is 10.6. The Labute approximate surface area is 139 Å². The molecule has 2 atom stereocenters. The smallest absolute Gasteiger partial charge is 0.263 e. The second-order valence-electron chi connectivity index (χ2n) is 5.88. The minimum Gasteiger partial charge on any atom is -0.336 e. The predicted molar refractivity (Wildman–Crippen MR) is 91.5 cm³/mol. The van der Waals surface area contributed by atoms with Crippen LogP contribution in [0.2, 0.25) is 5.02 Å². The number of carbonyl (C=O) groups is 1. The molecule has 1 aromatic heterocycles. The molecule has 0 saturated carbocycles. The average Bonchev–Trinajstić information content (AvgIpc) is 3.00. The molecule has 3 rings (SSSR count). The molecule has 1 aliphatic heterocycles. The summed E-state index contributed by atoms with van der Waals surface area (Å²) in [6, 6.07) is 11.7. The maximum Gasteiger partial charge on any atom is 0.263 e. The molecule has 2 unspecified atom stereocenters. The molecule has 1 amide bonds. The Morgan fingerprint density at radius 3 is 2.91 bits per heavy atom. The summed E-state index contributed by atoms with van der Waals surface area (Å²) in [4.78, 5) is 15.2. The number of piperidine rings is 1. The SMILES string of the molecule is NC1CC(Cc2cccc(Cl)c2)CN(C(=O)c2cccs2)C1. The summed E-state index contributed by atoms with van der Waals surface area (Å²) in [5.74, 6) is 0.479. The van der Waals surface area contributed by atoms with Crippen LogP contribution in [0.4, 0.5) is 0 Å². The van der Waals surface area contributed by atoms with Crippen molar-refractivity contribution in [3.05, 3.63) is 57.2 Å². The van der Waals surface area contributed by atoms with Gasteiger partial charge in [-0.15, -0.1) is 11.3 Å². The quantitative estimate of drug-likeness (QED) is 0.934. The summed E-state index contributed by atoms with van der Waals surface area (Å²) >= 11 is 7.53. The van der Waals surface area contributed by atoms with E-state index in [1.54, 1.807) is 0 Å². The lowest BCUT2D eigenvalue weighted by Crippen LogP contribution is -2.49. The topological polar surface area (TPSA) is 46.3 Å². The van der Waals surface area contributed by atoms with Gasteiger partial charge in [0.25, 0.3) is 5.91 Å². The van der Waals surface area contributed by atoms with Gasteiger partial charge < -0.3 is 10.6 Å². The molecule has 0 aliphatic carbocycles. The van der Waals surface area contributed by atoms with Crippen LogP contribution >= 0.6 is 22.9 Å². The van der Waals surface area contributed by atoms with Crippen molar-refractivity contribution in [3.63, 3.8) is 0 Å². The molecule has 2 heterocycles. The van der Waals surface area contributed by atoms with Crippen molar-refractivity contribution in [3.8, 4) is 0 Å². The number of hydrogen-bond donors (Lipinski definition) is 1. The highest BCUT2D eigenvalue weighted by molar-refractivity contribution is 7.12. The lowest BCUT2D eigenvalue weighted by Gasteiger charge is -2.36. The Morgan fingerprint density at radius 1 is 1.32 bits per heavy atom. The number of carbonyl (C=O) groups excluding carboxylic acids is 1. The number of benzene rings is 1. The Balaban J connectivity index is 1.69. The van der Waals surface area contributed by atoms with Gasteiger partial charge in [0.2, 0.25) is 0 Å². The van der Waals surface area contributed by atoms with Gasteiger partial charge in [-0.2, -0.15) is 0 Å². The molecule has 1 fully saturated rings. The zero-order valence-corrected chi connectivity index (χ0v) is 13.8. The van der Waals surface area contributed by atoms with Gasteiger partial charge in [-0.25, -0.2) is 0 Å². The Morgan fingerprint density at radius 2 is 2.18 bits per heavy atom. The highest BCUT2D eigenvalue weighted by Crippen LogP contribution is 2.24. The minimum atomic E-state index is 0.0434. The highest BCUT2D eigenvalue weighted by Gasteiger charge is 2.29. The molecular formula is C17H19ClN2OS. The molecule has 1 saturated heterocycles. The molecular weight excluding hydrogens is 316 g/mol. The van der Waals surface area contributed by atoms with Gasteiger partial charge in [-0.05, 0) is 47.9 Å². The molecule has 1 aliphatic rings. The van der Waals surface area contributed by atoms with Crippen molar-refractivity contribution >= 4 is 28.8 Å². The zero-order chi connectivity index (χ0) is 15.5. The van der Waals surface area contributed by atoms with Gasteiger partial charge in [0.1, 0.15) is 0 Å². The van der Waals surface area contributed by atoms with E-state index < -0.39 is 0 Å². The van der Waals surface area contributed by atoms with E-state index in [0.29, 0.717) is 12.5 Å². The third-order valence-electron chi connectivity index (χ3n) is 4.00. The fourth-order valence-electron chi connectivity index (χ4n) is 3.11. The number of halogens is 1. The van der Waals surface area contributed by atoms with E-state index in [9.17, 15) is 4.79 Å². The molecule has 2 N–H and O–H groups in total. The van der Waals surface area contributed by atoms with Crippen LogP contribution in [-0.2, 0) is 6.42 Å². The second kappa shape index (κ2) is 6.82. The molecule has 0 bridgehead atoms. The number of hydrogen-bond acceptors (Lipinski definition) is 3. The lowest BCUT2D eigenvalue weighted by molar-refractivity contribution is 0.0654. The monoisotopic (exact) mass is 334 g/mol. The molecule has 116 valence electrons.